The molecule has 182 valence electrons. The SMILES string of the molecule is COC(=O)C1=C(C)NC2=C(C(=O)c3ccccc32)[C@@H]1c1cc(Br)c(OCc2ccccc2Cl)c(Br)c1. The highest BCUT2D eigenvalue weighted by Gasteiger charge is 2.43. The predicted molar refractivity (Wildman–Crippen MR) is 146 cm³/mol. The summed E-state index contributed by atoms with van der Waals surface area (Å²) in [7, 11) is 1.34. The number of fused-ring (bicyclic) bond motifs is 2. The molecular weight excluding hydrogens is 610 g/mol. The van der Waals surface area contributed by atoms with Gasteiger partial charge in [0.05, 0.1) is 27.3 Å². The van der Waals surface area contributed by atoms with Crippen LogP contribution in [0.15, 0.2) is 86.5 Å². The van der Waals surface area contributed by atoms with Gasteiger partial charge in [0.1, 0.15) is 12.4 Å². The molecule has 3 aromatic carbocycles. The summed E-state index contributed by atoms with van der Waals surface area (Å²) in [5.74, 6) is -0.646. The largest absolute Gasteiger partial charge is 0.486 e. The first-order valence-electron chi connectivity index (χ1n) is 11.1. The zero-order valence-corrected chi connectivity index (χ0v) is 23.3. The van der Waals surface area contributed by atoms with Crippen molar-refractivity contribution in [2.24, 2.45) is 0 Å². The first-order valence-corrected chi connectivity index (χ1v) is 13.1. The average molecular weight is 630 g/mol. The number of esters is 1. The Kier molecular flexibility index (Phi) is 6.81. The highest BCUT2D eigenvalue weighted by atomic mass is 79.9. The summed E-state index contributed by atoms with van der Waals surface area (Å²) in [6.45, 7) is 2.10. The minimum absolute atomic E-state index is 0.113. The van der Waals surface area contributed by atoms with E-state index in [1.54, 1.807) is 6.07 Å². The van der Waals surface area contributed by atoms with Gasteiger partial charge in [0.25, 0.3) is 0 Å². The molecule has 3 aromatic rings. The zero-order valence-electron chi connectivity index (χ0n) is 19.3. The molecule has 0 spiro atoms. The Morgan fingerprint density at radius 1 is 1.03 bits per heavy atom. The minimum Gasteiger partial charge on any atom is -0.486 e. The summed E-state index contributed by atoms with van der Waals surface area (Å²) in [6.07, 6.45) is 0. The lowest BCUT2D eigenvalue weighted by Crippen LogP contribution is -2.29. The van der Waals surface area contributed by atoms with Gasteiger partial charge in [0.2, 0.25) is 0 Å². The molecule has 5 nitrogen and oxygen atoms in total. The number of hydrogen-bond acceptors (Lipinski definition) is 5. The van der Waals surface area contributed by atoms with Gasteiger partial charge < -0.3 is 14.8 Å². The number of nitrogens with one attached hydrogen (secondary N) is 1. The van der Waals surface area contributed by atoms with Crippen LogP contribution in [-0.2, 0) is 16.1 Å². The second-order valence-electron chi connectivity index (χ2n) is 8.45. The molecule has 0 bridgehead atoms. The van der Waals surface area contributed by atoms with E-state index in [4.69, 9.17) is 21.1 Å². The monoisotopic (exact) mass is 627 g/mol. The highest BCUT2D eigenvalue weighted by Crippen LogP contribution is 2.48. The second kappa shape index (κ2) is 9.88. The summed E-state index contributed by atoms with van der Waals surface area (Å²) in [4.78, 5) is 26.5. The number of halogens is 3. The van der Waals surface area contributed by atoms with E-state index in [2.05, 4.69) is 37.2 Å². The van der Waals surface area contributed by atoms with Gasteiger partial charge in [-0.2, -0.15) is 0 Å². The molecule has 2 aliphatic rings. The van der Waals surface area contributed by atoms with Crippen LogP contribution in [0, 0.1) is 0 Å². The lowest BCUT2D eigenvalue weighted by atomic mass is 9.80. The Bertz CT molecular complexity index is 1470. The summed E-state index contributed by atoms with van der Waals surface area (Å²) in [5.41, 5.74) is 5.30. The van der Waals surface area contributed by atoms with E-state index >= 15 is 0 Å². The van der Waals surface area contributed by atoms with Crippen molar-refractivity contribution in [2.45, 2.75) is 19.4 Å². The average Bonchev–Trinajstić information content (AvgIpc) is 3.14. The van der Waals surface area contributed by atoms with Crippen LogP contribution in [0.5, 0.6) is 5.75 Å². The summed E-state index contributed by atoms with van der Waals surface area (Å²) in [6, 6.07) is 18.7. The van der Waals surface area contributed by atoms with Gasteiger partial charge >= 0.3 is 5.97 Å². The summed E-state index contributed by atoms with van der Waals surface area (Å²) >= 11 is 13.5. The predicted octanol–water partition coefficient (Wildman–Crippen LogP) is 7.19. The van der Waals surface area contributed by atoms with Crippen molar-refractivity contribution in [3.8, 4) is 5.75 Å². The van der Waals surface area contributed by atoms with Crippen LogP contribution in [0.1, 0.15) is 39.9 Å². The van der Waals surface area contributed by atoms with Crippen molar-refractivity contribution >= 4 is 60.9 Å². The van der Waals surface area contributed by atoms with Crippen molar-refractivity contribution in [3.63, 3.8) is 0 Å². The maximum Gasteiger partial charge on any atom is 0.336 e. The first-order chi connectivity index (χ1) is 17.3. The fourth-order valence-corrected chi connectivity index (χ4v) is 6.33. The molecule has 0 radical (unpaired) electrons. The van der Waals surface area contributed by atoms with Crippen molar-refractivity contribution in [3.05, 3.63) is 114 Å². The van der Waals surface area contributed by atoms with Gasteiger partial charge in [-0.15, -0.1) is 0 Å². The number of hydrogen-bond donors (Lipinski definition) is 1. The number of benzene rings is 3. The van der Waals surface area contributed by atoms with E-state index in [0.717, 1.165) is 22.4 Å². The highest BCUT2D eigenvalue weighted by molar-refractivity contribution is 9.11. The number of ketones is 1. The quantitative estimate of drug-likeness (QED) is 0.303. The van der Waals surface area contributed by atoms with Crippen molar-refractivity contribution < 1.29 is 19.1 Å². The maximum absolute atomic E-state index is 13.6. The van der Waals surface area contributed by atoms with Crippen LogP contribution < -0.4 is 10.1 Å². The molecule has 0 unspecified atom stereocenters. The molecule has 0 saturated heterocycles. The van der Waals surface area contributed by atoms with Crippen molar-refractivity contribution in [1.29, 1.82) is 0 Å². The number of carbonyl (C=O) groups excluding carboxylic acids is 2. The smallest absolute Gasteiger partial charge is 0.336 e. The lowest BCUT2D eigenvalue weighted by molar-refractivity contribution is -0.136. The Balaban J connectivity index is 1.59. The minimum atomic E-state index is -0.626. The number of Topliss-reactive ketones (excluding diaryl/α,β-unsaturated/α-hetero) is 1. The van der Waals surface area contributed by atoms with Crippen LogP contribution in [0.2, 0.25) is 5.02 Å². The Hall–Kier alpha value is -2.87. The lowest BCUT2D eigenvalue weighted by Gasteiger charge is -2.29. The third kappa shape index (κ3) is 4.19. The molecule has 0 aromatic heterocycles. The molecule has 0 saturated carbocycles. The first kappa shape index (κ1) is 24.8. The van der Waals surface area contributed by atoms with Crippen LogP contribution in [0.25, 0.3) is 5.70 Å². The number of allylic oxidation sites excluding steroid dienone is 2. The molecule has 1 aliphatic carbocycles. The van der Waals surface area contributed by atoms with Crippen molar-refractivity contribution in [2.75, 3.05) is 7.11 Å². The number of rotatable bonds is 5. The third-order valence-corrected chi connectivity index (χ3v) is 7.88. The van der Waals surface area contributed by atoms with Crippen LogP contribution in [0.4, 0.5) is 0 Å². The number of carbonyl (C=O) groups is 2. The van der Waals surface area contributed by atoms with Gasteiger partial charge in [-0.25, -0.2) is 4.79 Å². The molecule has 1 heterocycles. The molecule has 1 N–H and O–H groups in total. The fraction of sp³-hybridized carbons (Fsp3) is 0.143. The van der Waals surface area contributed by atoms with Gasteiger partial charge in [0.15, 0.2) is 5.78 Å². The normalized spacial score (nSPS) is 16.5. The van der Waals surface area contributed by atoms with E-state index in [9.17, 15) is 9.59 Å². The van der Waals surface area contributed by atoms with Crippen LogP contribution in [0.3, 0.4) is 0 Å². The number of methoxy groups -OCH3 is 1. The van der Waals surface area contributed by atoms with Gasteiger partial charge in [-0.1, -0.05) is 54.1 Å². The maximum atomic E-state index is 13.6. The third-order valence-electron chi connectivity index (χ3n) is 6.34. The van der Waals surface area contributed by atoms with E-state index in [1.165, 1.54) is 7.11 Å². The van der Waals surface area contributed by atoms with E-state index in [1.807, 2.05) is 61.5 Å². The molecule has 1 atom stereocenters. The molecule has 1 aliphatic heterocycles. The van der Waals surface area contributed by atoms with Crippen LogP contribution in [-0.4, -0.2) is 18.9 Å². The Morgan fingerprint density at radius 2 is 1.67 bits per heavy atom. The van der Waals surface area contributed by atoms with Gasteiger partial charge in [0, 0.05) is 38.9 Å². The number of dihydropyridines is 1. The van der Waals surface area contributed by atoms with E-state index < -0.39 is 11.9 Å². The Labute approximate surface area is 230 Å². The molecule has 0 fully saturated rings. The zero-order chi connectivity index (χ0) is 25.6. The molecular formula is C28H20Br2ClNO4. The molecule has 5 rings (SSSR count). The number of ether oxygens (including phenoxy) is 2. The molecule has 8 heteroatoms. The fourth-order valence-electron chi connectivity index (χ4n) is 4.69. The second-order valence-corrected chi connectivity index (χ2v) is 10.6. The van der Waals surface area contributed by atoms with E-state index in [0.29, 0.717) is 42.1 Å². The summed E-state index contributed by atoms with van der Waals surface area (Å²) in [5, 5.41) is 3.91. The molecule has 0 amide bonds. The Morgan fingerprint density at radius 3 is 2.33 bits per heavy atom. The van der Waals surface area contributed by atoms with Crippen LogP contribution >= 0.6 is 43.5 Å². The van der Waals surface area contributed by atoms with Gasteiger partial charge in [-0.3, -0.25) is 4.79 Å². The summed E-state index contributed by atoms with van der Waals surface area (Å²) < 4.78 is 12.5. The van der Waals surface area contributed by atoms with Gasteiger partial charge in [-0.05, 0) is 62.5 Å². The standard InChI is InChI=1S/C28H20Br2ClNO4/c1-14-22(28(34)35-2)23(24-25(32-14)17-8-4-5-9-18(17)26(24)33)16-11-19(29)27(20(30)12-16)36-13-15-7-3-6-10-21(15)31/h3-12,23,32H,13H2,1-2H3/t23-/m1/s1. The topological polar surface area (TPSA) is 64.6 Å². The van der Waals surface area contributed by atoms with E-state index in [-0.39, 0.29) is 12.4 Å². The molecule has 36 heavy (non-hydrogen) atoms. The van der Waals surface area contributed by atoms with Crippen molar-refractivity contribution in [1.82, 2.24) is 5.32 Å².